The molecule has 1 aliphatic heterocycles. The molecule has 0 spiro atoms. The molecule has 0 aromatic heterocycles. The molecule has 0 saturated carbocycles. The molecule has 4 nitrogen and oxygen atoms in total. The van der Waals surface area contributed by atoms with Gasteiger partial charge in [-0.15, -0.1) is 0 Å². The van der Waals surface area contributed by atoms with Crippen LogP contribution in [0.4, 0.5) is 0 Å². The van der Waals surface area contributed by atoms with Crippen molar-refractivity contribution in [2.75, 3.05) is 26.7 Å². The third kappa shape index (κ3) is 3.69. The number of piperidine rings is 1. The lowest BCUT2D eigenvalue weighted by Crippen LogP contribution is -2.39. The third-order valence-corrected chi connectivity index (χ3v) is 5.47. The molecule has 6 heteroatoms. The zero-order valence-corrected chi connectivity index (χ0v) is 12.5. The number of nitrogens with zero attached hydrogens (tertiary/aromatic N) is 1. The fourth-order valence-electron chi connectivity index (χ4n) is 2.35. The molecule has 0 radical (unpaired) electrons. The van der Waals surface area contributed by atoms with Gasteiger partial charge >= 0.3 is 0 Å². The SMILES string of the molecule is CN(CC1CCCNC1)S(=O)(=O)c1cccc(Cl)c1. The second-order valence-electron chi connectivity index (χ2n) is 4.96. The Morgan fingerprint density at radius 2 is 2.26 bits per heavy atom. The van der Waals surface area contributed by atoms with Crippen LogP contribution in [-0.2, 0) is 10.0 Å². The minimum absolute atomic E-state index is 0.256. The fourth-order valence-corrected chi connectivity index (χ4v) is 3.90. The first-order valence-corrected chi connectivity index (χ1v) is 8.24. The Labute approximate surface area is 119 Å². The number of hydrogen-bond acceptors (Lipinski definition) is 3. The Balaban J connectivity index is 2.10. The van der Waals surface area contributed by atoms with E-state index in [0.717, 1.165) is 25.9 Å². The van der Waals surface area contributed by atoms with Crippen molar-refractivity contribution in [2.45, 2.75) is 17.7 Å². The second kappa shape index (κ2) is 6.22. The highest BCUT2D eigenvalue weighted by molar-refractivity contribution is 7.89. The number of halogens is 1. The predicted molar refractivity (Wildman–Crippen MR) is 76.9 cm³/mol. The molecular formula is C13H19ClN2O2S. The van der Waals surface area contributed by atoms with Gasteiger partial charge in [-0.05, 0) is 50.0 Å². The van der Waals surface area contributed by atoms with E-state index in [2.05, 4.69) is 5.32 Å². The van der Waals surface area contributed by atoms with Crippen molar-refractivity contribution in [1.29, 1.82) is 0 Å². The van der Waals surface area contributed by atoms with E-state index in [1.165, 1.54) is 10.4 Å². The largest absolute Gasteiger partial charge is 0.316 e. The summed E-state index contributed by atoms with van der Waals surface area (Å²) in [6.07, 6.45) is 2.18. The van der Waals surface area contributed by atoms with Crippen LogP contribution in [0.5, 0.6) is 0 Å². The molecule has 0 amide bonds. The van der Waals surface area contributed by atoms with Crippen molar-refractivity contribution < 1.29 is 8.42 Å². The molecule has 1 saturated heterocycles. The molecule has 1 fully saturated rings. The van der Waals surface area contributed by atoms with Crippen LogP contribution < -0.4 is 5.32 Å². The molecule has 1 unspecified atom stereocenters. The van der Waals surface area contributed by atoms with Crippen LogP contribution in [0.25, 0.3) is 0 Å². The molecule has 1 aromatic carbocycles. The quantitative estimate of drug-likeness (QED) is 0.925. The normalized spacial score (nSPS) is 20.7. The Morgan fingerprint density at radius 3 is 2.89 bits per heavy atom. The number of rotatable bonds is 4. The highest BCUT2D eigenvalue weighted by Crippen LogP contribution is 2.20. The molecule has 106 valence electrons. The molecule has 2 rings (SSSR count). The second-order valence-corrected chi connectivity index (χ2v) is 7.44. The highest BCUT2D eigenvalue weighted by Gasteiger charge is 2.24. The predicted octanol–water partition coefficient (Wildman–Crippen LogP) is 1.96. The van der Waals surface area contributed by atoms with E-state index in [1.807, 2.05) is 0 Å². The van der Waals surface area contributed by atoms with Gasteiger partial charge in [0.1, 0.15) is 0 Å². The van der Waals surface area contributed by atoms with Crippen molar-refractivity contribution in [3.8, 4) is 0 Å². The first-order chi connectivity index (χ1) is 9.00. The average Bonchev–Trinajstić information content (AvgIpc) is 2.40. The minimum Gasteiger partial charge on any atom is -0.316 e. The standard InChI is InChI=1S/C13H19ClN2O2S/c1-16(10-11-4-3-7-15-9-11)19(17,18)13-6-2-5-12(14)8-13/h2,5-6,8,11,15H,3-4,7,9-10H2,1H3. The van der Waals surface area contributed by atoms with E-state index in [4.69, 9.17) is 11.6 Å². The summed E-state index contributed by atoms with van der Waals surface area (Å²) in [6, 6.07) is 6.40. The molecule has 1 aromatic rings. The summed E-state index contributed by atoms with van der Waals surface area (Å²) in [4.78, 5) is 0.256. The van der Waals surface area contributed by atoms with Gasteiger partial charge in [0.25, 0.3) is 0 Å². The van der Waals surface area contributed by atoms with Crippen LogP contribution in [0.15, 0.2) is 29.2 Å². The van der Waals surface area contributed by atoms with Gasteiger partial charge in [0.05, 0.1) is 4.90 Å². The molecule has 1 aliphatic rings. The lowest BCUT2D eigenvalue weighted by Gasteiger charge is -2.27. The van der Waals surface area contributed by atoms with Gasteiger partial charge in [0, 0.05) is 18.6 Å². The van der Waals surface area contributed by atoms with E-state index in [0.29, 0.717) is 17.5 Å². The molecule has 1 N–H and O–H groups in total. The molecule has 0 aliphatic carbocycles. The van der Waals surface area contributed by atoms with Gasteiger partial charge in [-0.25, -0.2) is 12.7 Å². The summed E-state index contributed by atoms with van der Waals surface area (Å²) in [6.45, 7) is 2.46. The third-order valence-electron chi connectivity index (χ3n) is 3.42. The van der Waals surface area contributed by atoms with Gasteiger partial charge in [-0.1, -0.05) is 17.7 Å². The molecule has 19 heavy (non-hydrogen) atoms. The van der Waals surface area contributed by atoms with Gasteiger partial charge in [-0.3, -0.25) is 0 Å². The van der Waals surface area contributed by atoms with Crippen molar-refractivity contribution in [1.82, 2.24) is 9.62 Å². The zero-order chi connectivity index (χ0) is 13.9. The van der Waals surface area contributed by atoms with Crippen LogP contribution >= 0.6 is 11.6 Å². The number of nitrogens with one attached hydrogen (secondary N) is 1. The topological polar surface area (TPSA) is 49.4 Å². The Kier molecular flexibility index (Phi) is 4.84. The van der Waals surface area contributed by atoms with Crippen molar-refractivity contribution in [2.24, 2.45) is 5.92 Å². The fraction of sp³-hybridized carbons (Fsp3) is 0.538. The summed E-state index contributed by atoms with van der Waals surface area (Å²) in [5, 5.41) is 3.74. The smallest absolute Gasteiger partial charge is 0.242 e. The molecule has 1 heterocycles. The van der Waals surface area contributed by atoms with E-state index in [-0.39, 0.29) is 4.90 Å². The van der Waals surface area contributed by atoms with E-state index in [1.54, 1.807) is 25.2 Å². The monoisotopic (exact) mass is 302 g/mol. The number of benzene rings is 1. The first-order valence-electron chi connectivity index (χ1n) is 6.43. The van der Waals surface area contributed by atoms with Gasteiger partial charge in [0.2, 0.25) is 10.0 Å². The number of sulfonamides is 1. The average molecular weight is 303 g/mol. The minimum atomic E-state index is -3.44. The lowest BCUT2D eigenvalue weighted by molar-refractivity contribution is 0.315. The maximum Gasteiger partial charge on any atom is 0.242 e. The van der Waals surface area contributed by atoms with Crippen LogP contribution in [0.3, 0.4) is 0 Å². The van der Waals surface area contributed by atoms with Gasteiger partial charge in [0.15, 0.2) is 0 Å². The summed E-state index contributed by atoms with van der Waals surface area (Å²) < 4.78 is 26.2. The van der Waals surface area contributed by atoms with Crippen LogP contribution in [0.1, 0.15) is 12.8 Å². The molecule has 1 atom stereocenters. The summed E-state index contributed by atoms with van der Waals surface area (Å²) >= 11 is 5.85. The van der Waals surface area contributed by atoms with Gasteiger partial charge < -0.3 is 5.32 Å². The van der Waals surface area contributed by atoms with Crippen LogP contribution in [0, 0.1) is 5.92 Å². The van der Waals surface area contributed by atoms with Crippen molar-refractivity contribution >= 4 is 21.6 Å². The van der Waals surface area contributed by atoms with Gasteiger partial charge in [-0.2, -0.15) is 0 Å². The summed E-state index contributed by atoms with van der Waals surface area (Å²) in [7, 11) is -1.81. The maximum atomic E-state index is 12.4. The first kappa shape index (κ1) is 14.8. The Hall–Kier alpha value is -0.620. The summed E-state index contributed by atoms with van der Waals surface area (Å²) in [5.41, 5.74) is 0. The highest BCUT2D eigenvalue weighted by atomic mass is 35.5. The molecular weight excluding hydrogens is 284 g/mol. The summed E-state index contributed by atoms with van der Waals surface area (Å²) in [5.74, 6) is 0.382. The maximum absolute atomic E-state index is 12.4. The van der Waals surface area contributed by atoms with Crippen molar-refractivity contribution in [3.63, 3.8) is 0 Å². The molecule has 0 bridgehead atoms. The lowest BCUT2D eigenvalue weighted by atomic mass is 10.00. The number of hydrogen-bond donors (Lipinski definition) is 1. The van der Waals surface area contributed by atoms with E-state index < -0.39 is 10.0 Å². The Morgan fingerprint density at radius 1 is 1.47 bits per heavy atom. The van der Waals surface area contributed by atoms with E-state index in [9.17, 15) is 8.42 Å². The van der Waals surface area contributed by atoms with Crippen molar-refractivity contribution in [3.05, 3.63) is 29.3 Å². The van der Waals surface area contributed by atoms with Crippen LogP contribution in [0.2, 0.25) is 5.02 Å². The Bertz CT molecular complexity index is 527. The zero-order valence-electron chi connectivity index (χ0n) is 11.0. The van der Waals surface area contributed by atoms with E-state index >= 15 is 0 Å². The van der Waals surface area contributed by atoms with Crippen LogP contribution in [-0.4, -0.2) is 39.4 Å².